The number of aryl methyl sites for hydroxylation is 1. The van der Waals surface area contributed by atoms with Crippen LogP contribution < -0.4 is 9.64 Å². The fraction of sp³-hybridized carbons (Fsp3) is 0.107. The molecule has 0 aliphatic carbocycles. The molecule has 0 saturated heterocycles. The number of nitrogens with zero attached hydrogens (tertiary/aromatic N) is 2. The highest BCUT2D eigenvalue weighted by Gasteiger charge is 2.40. The summed E-state index contributed by atoms with van der Waals surface area (Å²) in [6.07, 6.45) is -0.617. The minimum atomic E-state index is -0.617. The third-order valence-corrected chi connectivity index (χ3v) is 6.19. The van der Waals surface area contributed by atoms with Crippen molar-refractivity contribution in [2.24, 2.45) is 0 Å². The van der Waals surface area contributed by atoms with Gasteiger partial charge in [0.25, 0.3) is 0 Å². The Hall–Kier alpha value is -4.19. The van der Waals surface area contributed by atoms with Crippen molar-refractivity contribution in [1.82, 2.24) is 5.16 Å². The molecular formula is C28H20F2N2O2. The molecule has 4 nitrogen and oxygen atoms in total. The molecule has 0 bridgehead atoms. The number of hydrogen-bond acceptors (Lipinski definition) is 4. The second kappa shape index (κ2) is 7.99. The molecule has 2 atom stereocenters. The Kier molecular flexibility index (Phi) is 4.80. The zero-order valence-electron chi connectivity index (χ0n) is 18.3. The topological polar surface area (TPSA) is 38.5 Å². The molecule has 1 aliphatic heterocycles. The molecule has 0 N–H and O–H groups in total. The molecule has 0 fully saturated rings. The summed E-state index contributed by atoms with van der Waals surface area (Å²) in [5.74, 6) is 1.28. The molecule has 6 heteroatoms. The van der Waals surface area contributed by atoms with Crippen LogP contribution in [0.5, 0.6) is 5.75 Å². The number of hydrogen-bond donors (Lipinski definition) is 0. The Morgan fingerprint density at radius 2 is 1.47 bits per heavy atom. The van der Waals surface area contributed by atoms with Gasteiger partial charge in [-0.3, -0.25) is 0 Å². The van der Waals surface area contributed by atoms with E-state index in [-0.39, 0.29) is 17.7 Å². The summed E-state index contributed by atoms with van der Waals surface area (Å²) < 4.78 is 39.7. The van der Waals surface area contributed by atoms with Gasteiger partial charge < -0.3 is 14.2 Å². The Balaban J connectivity index is 1.65. The second-order valence-corrected chi connectivity index (χ2v) is 8.38. The van der Waals surface area contributed by atoms with Gasteiger partial charge in [-0.1, -0.05) is 59.8 Å². The van der Waals surface area contributed by atoms with Crippen molar-refractivity contribution >= 4 is 16.6 Å². The van der Waals surface area contributed by atoms with Crippen LogP contribution in [0.3, 0.4) is 0 Å². The van der Waals surface area contributed by atoms with E-state index in [0.29, 0.717) is 17.3 Å². The lowest BCUT2D eigenvalue weighted by Gasteiger charge is -2.43. The zero-order valence-corrected chi connectivity index (χ0v) is 18.3. The molecule has 0 amide bonds. The highest BCUT2D eigenvalue weighted by molar-refractivity contribution is 5.89. The minimum Gasteiger partial charge on any atom is -0.466 e. The molecule has 0 radical (unpaired) electrons. The summed E-state index contributed by atoms with van der Waals surface area (Å²) in [7, 11) is 0. The predicted molar refractivity (Wildman–Crippen MR) is 126 cm³/mol. The maximum atomic E-state index is 13.9. The third kappa shape index (κ3) is 3.39. The van der Waals surface area contributed by atoms with E-state index in [2.05, 4.69) is 11.2 Å². The van der Waals surface area contributed by atoms with Crippen LogP contribution >= 0.6 is 0 Å². The fourth-order valence-corrected chi connectivity index (χ4v) is 4.67. The first kappa shape index (κ1) is 20.4. The van der Waals surface area contributed by atoms with Gasteiger partial charge in [0.1, 0.15) is 23.1 Å². The summed E-state index contributed by atoms with van der Waals surface area (Å²) in [5, 5.41) is 6.39. The molecule has 1 aromatic heterocycles. The van der Waals surface area contributed by atoms with Gasteiger partial charge in [0, 0.05) is 17.2 Å². The Labute approximate surface area is 195 Å². The van der Waals surface area contributed by atoms with Crippen LogP contribution in [0.25, 0.3) is 10.8 Å². The lowest BCUT2D eigenvalue weighted by molar-refractivity contribution is 0.168. The highest BCUT2D eigenvalue weighted by Crippen LogP contribution is 2.49. The SMILES string of the molecule is Cc1cc(N2C(c3ccc(F)cc3)Oc3ccc4ccccc4c3C2c2ccc(F)cc2)no1. The maximum absolute atomic E-state index is 13.9. The number of rotatable bonds is 3. The lowest BCUT2D eigenvalue weighted by atomic mass is 9.89. The van der Waals surface area contributed by atoms with Crippen molar-refractivity contribution in [2.75, 3.05) is 4.90 Å². The fourth-order valence-electron chi connectivity index (χ4n) is 4.67. The van der Waals surface area contributed by atoms with Crippen LogP contribution in [0.15, 0.2) is 95.5 Å². The Morgan fingerprint density at radius 1 is 0.794 bits per heavy atom. The van der Waals surface area contributed by atoms with E-state index in [9.17, 15) is 8.78 Å². The summed E-state index contributed by atoms with van der Waals surface area (Å²) in [4.78, 5) is 2.01. The lowest BCUT2D eigenvalue weighted by Crippen LogP contribution is -2.40. The Bertz CT molecular complexity index is 1480. The van der Waals surface area contributed by atoms with Crippen molar-refractivity contribution in [3.05, 3.63) is 125 Å². The summed E-state index contributed by atoms with van der Waals surface area (Å²) in [6.45, 7) is 1.82. The monoisotopic (exact) mass is 454 g/mol. The molecular weight excluding hydrogens is 434 g/mol. The predicted octanol–water partition coefficient (Wildman–Crippen LogP) is 7.10. The van der Waals surface area contributed by atoms with E-state index in [4.69, 9.17) is 9.26 Å². The first-order chi connectivity index (χ1) is 16.6. The van der Waals surface area contributed by atoms with Crippen LogP contribution in [0.1, 0.15) is 34.7 Å². The van der Waals surface area contributed by atoms with Crippen molar-refractivity contribution in [3.8, 4) is 5.75 Å². The molecule has 34 heavy (non-hydrogen) atoms. The highest BCUT2D eigenvalue weighted by atomic mass is 19.1. The number of halogens is 2. The van der Waals surface area contributed by atoms with Crippen LogP contribution in [0, 0.1) is 18.6 Å². The Morgan fingerprint density at radius 3 is 2.15 bits per heavy atom. The van der Waals surface area contributed by atoms with Crippen molar-refractivity contribution < 1.29 is 18.0 Å². The number of benzene rings is 4. The van der Waals surface area contributed by atoms with Crippen molar-refractivity contribution in [2.45, 2.75) is 19.2 Å². The quantitative estimate of drug-likeness (QED) is 0.291. The molecule has 5 aromatic rings. The van der Waals surface area contributed by atoms with Gasteiger partial charge in [0.15, 0.2) is 5.82 Å². The average molecular weight is 454 g/mol. The smallest absolute Gasteiger partial charge is 0.200 e. The van der Waals surface area contributed by atoms with Crippen molar-refractivity contribution in [3.63, 3.8) is 0 Å². The van der Waals surface area contributed by atoms with Gasteiger partial charge in [-0.05, 0) is 53.6 Å². The first-order valence-electron chi connectivity index (χ1n) is 11.0. The molecule has 1 aliphatic rings. The van der Waals surface area contributed by atoms with Gasteiger partial charge in [-0.25, -0.2) is 8.78 Å². The zero-order chi connectivity index (χ0) is 23.2. The van der Waals surface area contributed by atoms with Crippen LogP contribution in [0.4, 0.5) is 14.6 Å². The number of aromatic nitrogens is 1. The summed E-state index contributed by atoms with van der Waals surface area (Å²) >= 11 is 0. The molecule has 4 aromatic carbocycles. The molecule has 0 saturated carbocycles. The normalized spacial score (nSPS) is 17.4. The van der Waals surface area contributed by atoms with E-state index in [1.807, 2.05) is 48.2 Å². The molecule has 2 unspecified atom stereocenters. The van der Waals surface area contributed by atoms with Crippen LogP contribution in [-0.2, 0) is 0 Å². The standard InChI is InChI=1S/C28H20F2N2O2/c1-17-16-25(31-34-17)32-27(19-6-11-21(29)12-7-19)26-23-5-3-2-4-18(23)10-15-24(26)33-28(32)20-8-13-22(30)14-9-20/h2-16,27-28H,1H3. The largest absolute Gasteiger partial charge is 0.466 e. The molecule has 6 rings (SSSR count). The van der Waals surface area contributed by atoms with Crippen molar-refractivity contribution in [1.29, 1.82) is 0 Å². The van der Waals surface area contributed by atoms with E-state index in [1.54, 1.807) is 24.3 Å². The number of anilines is 1. The summed E-state index contributed by atoms with van der Waals surface area (Å²) in [6, 6.07) is 26.2. The summed E-state index contributed by atoms with van der Waals surface area (Å²) in [5.41, 5.74) is 2.58. The van der Waals surface area contributed by atoms with Gasteiger partial charge in [0.05, 0.1) is 6.04 Å². The van der Waals surface area contributed by atoms with Crippen LogP contribution in [0.2, 0.25) is 0 Å². The van der Waals surface area contributed by atoms with E-state index >= 15 is 0 Å². The number of fused-ring (bicyclic) bond motifs is 3. The maximum Gasteiger partial charge on any atom is 0.200 e. The van der Waals surface area contributed by atoms with Gasteiger partial charge in [0.2, 0.25) is 6.23 Å². The second-order valence-electron chi connectivity index (χ2n) is 8.38. The number of ether oxygens (including phenoxy) is 1. The van der Waals surface area contributed by atoms with Gasteiger partial charge >= 0.3 is 0 Å². The average Bonchev–Trinajstić information content (AvgIpc) is 3.29. The van der Waals surface area contributed by atoms with E-state index < -0.39 is 6.23 Å². The van der Waals surface area contributed by atoms with E-state index in [0.717, 1.165) is 27.5 Å². The molecule has 2 heterocycles. The molecule has 0 spiro atoms. The minimum absolute atomic E-state index is 0.312. The first-order valence-corrected chi connectivity index (χ1v) is 11.0. The molecule has 168 valence electrons. The van der Waals surface area contributed by atoms with Gasteiger partial charge in [-0.15, -0.1) is 0 Å². The van der Waals surface area contributed by atoms with E-state index in [1.165, 1.54) is 24.3 Å². The third-order valence-electron chi connectivity index (χ3n) is 6.19. The van der Waals surface area contributed by atoms with Gasteiger partial charge in [-0.2, -0.15) is 0 Å². The van der Waals surface area contributed by atoms with Crippen LogP contribution in [-0.4, -0.2) is 5.16 Å².